The molecule has 0 radical (unpaired) electrons. The molecule has 0 aromatic heterocycles. The van der Waals surface area contributed by atoms with Gasteiger partial charge in [0.2, 0.25) is 5.91 Å². The monoisotopic (exact) mass is 1010 g/mol. The highest BCUT2D eigenvalue weighted by atomic mass is 31.2. The van der Waals surface area contributed by atoms with Crippen LogP contribution in [0.25, 0.3) is 0 Å². The van der Waals surface area contributed by atoms with Gasteiger partial charge in [0.25, 0.3) is 7.82 Å². The number of allylic oxidation sites excluding steroid dienone is 5. The molecule has 0 aromatic carbocycles. The molecule has 0 aromatic rings. The first-order valence-corrected chi connectivity index (χ1v) is 31.8. The third-order valence-electron chi connectivity index (χ3n) is 13.8. The van der Waals surface area contributed by atoms with E-state index in [4.69, 9.17) is 9.05 Å². The number of likely N-dealkylation sites (N-methyl/N-ethyl adjacent to an activating group) is 1. The molecule has 0 aliphatic rings. The summed E-state index contributed by atoms with van der Waals surface area (Å²) in [6.07, 6.45) is 68.9. The van der Waals surface area contributed by atoms with Gasteiger partial charge in [-0.3, -0.25) is 9.36 Å². The Kier molecular flexibility index (Phi) is 51.6. The fourth-order valence-electron chi connectivity index (χ4n) is 9.06. The van der Waals surface area contributed by atoms with E-state index < -0.39 is 26.6 Å². The molecule has 8 nitrogen and oxygen atoms in total. The second kappa shape index (κ2) is 52.6. The summed E-state index contributed by atoms with van der Waals surface area (Å²) >= 11 is 0. The van der Waals surface area contributed by atoms with E-state index in [0.717, 1.165) is 44.9 Å². The maximum atomic E-state index is 12.8. The number of nitrogens with zero attached hydrogens (tertiary/aromatic N) is 1. The zero-order valence-corrected chi connectivity index (χ0v) is 48.1. The number of carbonyl (C=O) groups excluding carboxylic acids is 1. The fourth-order valence-corrected chi connectivity index (χ4v) is 9.78. The van der Waals surface area contributed by atoms with Crippen LogP contribution in [0.3, 0.4) is 0 Å². The lowest BCUT2D eigenvalue weighted by atomic mass is 10.0. The smallest absolute Gasteiger partial charge is 0.268 e. The molecular formula is C61H119N2O6P. The van der Waals surface area contributed by atoms with Gasteiger partial charge in [-0.1, -0.05) is 275 Å². The molecule has 0 heterocycles. The van der Waals surface area contributed by atoms with E-state index in [1.54, 1.807) is 6.08 Å². The molecular weight excluding hydrogens is 888 g/mol. The van der Waals surface area contributed by atoms with Crippen molar-refractivity contribution in [3.8, 4) is 0 Å². The van der Waals surface area contributed by atoms with Crippen molar-refractivity contribution in [2.75, 3.05) is 40.9 Å². The normalized spacial score (nSPS) is 14.1. The van der Waals surface area contributed by atoms with Crippen LogP contribution in [0, 0.1) is 0 Å². The van der Waals surface area contributed by atoms with Gasteiger partial charge in [-0.05, 0) is 51.4 Å². The lowest BCUT2D eigenvalue weighted by molar-refractivity contribution is -0.870. The molecule has 0 saturated heterocycles. The van der Waals surface area contributed by atoms with E-state index in [1.807, 2.05) is 27.2 Å². The number of quaternary nitrogens is 1. The third-order valence-corrected chi connectivity index (χ3v) is 14.8. The average Bonchev–Trinajstić information content (AvgIpc) is 3.32. The molecule has 70 heavy (non-hydrogen) atoms. The summed E-state index contributed by atoms with van der Waals surface area (Å²) in [5, 5.41) is 13.7. The van der Waals surface area contributed by atoms with Crippen molar-refractivity contribution in [3.63, 3.8) is 0 Å². The number of nitrogens with one attached hydrogen (secondary N) is 1. The van der Waals surface area contributed by atoms with Crippen LogP contribution in [0.2, 0.25) is 0 Å². The molecule has 0 bridgehead atoms. The largest absolute Gasteiger partial charge is 0.756 e. The number of phosphoric ester groups is 1. The minimum atomic E-state index is -4.59. The summed E-state index contributed by atoms with van der Waals surface area (Å²) in [4.78, 5) is 25.3. The molecule has 1 amide bonds. The Bertz CT molecular complexity index is 1230. The summed E-state index contributed by atoms with van der Waals surface area (Å²) in [7, 11) is 1.25. The number of unbranched alkanes of at least 4 members (excludes halogenated alkanes) is 39. The van der Waals surface area contributed by atoms with Crippen LogP contribution in [0.15, 0.2) is 36.5 Å². The predicted octanol–water partition coefficient (Wildman–Crippen LogP) is 17.9. The molecule has 0 spiro atoms. The number of aliphatic hydroxyl groups is 1. The Hall–Kier alpha value is -1.28. The van der Waals surface area contributed by atoms with E-state index in [9.17, 15) is 19.4 Å². The zero-order chi connectivity index (χ0) is 51.3. The fraction of sp³-hybridized carbons (Fsp3) is 0.885. The van der Waals surface area contributed by atoms with Gasteiger partial charge in [-0.15, -0.1) is 0 Å². The first kappa shape index (κ1) is 68.7. The van der Waals surface area contributed by atoms with Crippen LogP contribution < -0.4 is 10.2 Å². The second-order valence-electron chi connectivity index (χ2n) is 22.0. The summed E-state index contributed by atoms with van der Waals surface area (Å²) in [5.41, 5.74) is 0. The molecule has 3 atom stereocenters. The number of hydrogen-bond acceptors (Lipinski definition) is 6. The maximum Gasteiger partial charge on any atom is 0.268 e. The van der Waals surface area contributed by atoms with Gasteiger partial charge in [0.1, 0.15) is 13.2 Å². The summed E-state index contributed by atoms with van der Waals surface area (Å²) in [6.45, 7) is 4.53. The standard InChI is InChI=1S/C61H119N2O6P/c1-6-8-10-12-14-15-16-17-18-19-20-21-22-23-24-25-26-27-28-29-30-31-32-33-34-35-36-37-38-39-40-41-42-43-44-45-46-47-49-51-53-55-61(65)62-59(60(64)54-52-50-48-13-11-9-7-2)58-69-70(66,67)68-57-56-63(3,4)5/h11,13,19-20,52,54,59-60,64H,6-10,12,14-18,21-51,53,55-58H2,1-5H3,(H-,62,65,66,67)/b13-11+,20-19-,54-52+. The minimum Gasteiger partial charge on any atom is -0.756 e. The highest BCUT2D eigenvalue weighted by molar-refractivity contribution is 7.45. The van der Waals surface area contributed by atoms with Crippen molar-refractivity contribution < 1.29 is 32.9 Å². The zero-order valence-electron chi connectivity index (χ0n) is 47.2. The first-order chi connectivity index (χ1) is 34.0. The van der Waals surface area contributed by atoms with Gasteiger partial charge in [0, 0.05) is 6.42 Å². The molecule has 3 unspecified atom stereocenters. The number of rotatable bonds is 56. The topological polar surface area (TPSA) is 108 Å². The number of hydrogen-bond donors (Lipinski definition) is 2. The molecule has 2 N–H and O–H groups in total. The molecule has 0 rings (SSSR count). The molecule has 0 aliphatic heterocycles. The average molecular weight is 1010 g/mol. The van der Waals surface area contributed by atoms with Crippen LogP contribution in [-0.2, 0) is 18.4 Å². The van der Waals surface area contributed by atoms with Crippen molar-refractivity contribution in [1.29, 1.82) is 0 Å². The van der Waals surface area contributed by atoms with Gasteiger partial charge in [0.05, 0.1) is 39.9 Å². The van der Waals surface area contributed by atoms with Crippen LogP contribution in [0.5, 0.6) is 0 Å². The van der Waals surface area contributed by atoms with Crippen molar-refractivity contribution in [2.24, 2.45) is 0 Å². The molecule has 0 aliphatic carbocycles. The van der Waals surface area contributed by atoms with Gasteiger partial charge >= 0.3 is 0 Å². The Morgan fingerprint density at radius 1 is 0.486 bits per heavy atom. The highest BCUT2D eigenvalue weighted by Crippen LogP contribution is 2.38. The van der Waals surface area contributed by atoms with Crippen LogP contribution in [0.4, 0.5) is 0 Å². The van der Waals surface area contributed by atoms with Crippen molar-refractivity contribution in [1.82, 2.24) is 5.32 Å². The van der Waals surface area contributed by atoms with Gasteiger partial charge in [-0.25, -0.2) is 0 Å². The predicted molar refractivity (Wildman–Crippen MR) is 302 cm³/mol. The Labute approximate surface area is 436 Å². The van der Waals surface area contributed by atoms with Crippen molar-refractivity contribution in [2.45, 2.75) is 309 Å². The SMILES string of the molecule is CCC/C=C/CC/C=C/C(O)C(COP(=O)([O-])OCC[N+](C)(C)C)NC(=O)CCCCCCCCCCCCCCCCCCCCCCCCCCCCCCC/C=C\CCCCCCCCCC. The Balaban J connectivity index is 3.68. The van der Waals surface area contributed by atoms with E-state index in [2.05, 4.69) is 43.5 Å². The first-order valence-electron chi connectivity index (χ1n) is 30.4. The maximum absolute atomic E-state index is 12.8. The third kappa shape index (κ3) is 54.5. The number of phosphoric acid groups is 1. The number of carbonyl (C=O) groups is 1. The summed E-state index contributed by atoms with van der Waals surface area (Å²) in [5.74, 6) is -0.207. The van der Waals surface area contributed by atoms with E-state index >= 15 is 0 Å². The molecule has 0 fully saturated rings. The van der Waals surface area contributed by atoms with Gasteiger partial charge < -0.3 is 28.8 Å². The van der Waals surface area contributed by atoms with E-state index in [1.165, 1.54) is 231 Å². The second-order valence-corrected chi connectivity index (χ2v) is 23.5. The number of amides is 1. The Morgan fingerprint density at radius 2 is 0.829 bits per heavy atom. The van der Waals surface area contributed by atoms with E-state index in [-0.39, 0.29) is 12.5 Å². The van der Waals surface area contributed by atoms with Crippen molar-refractivity contribution in [3.05, 3.63) is 36.5 Å². The highest BCUT2D eigenvalue weighted by Gasteiger charge is 2.23. The van der Waals surface area contributed by atoms with Gasteiger partial charge in [0.15, 0.2) is 0 Å². The van der Waals surface area contributed by atoms with Crippen LogP contribution in [-0.4, -0.2) is 68.5 Å². The lowest BCUT2D eigenvalue weighted by Gasteiger charge is -2.29. The number of aliphatic hydroxyl groups excluding tert-OH is 1. The minimum absolute atomic E-state index is 0.00546. The van der Waals surface area contributed by atoms with Gasteiger partial charge in [-0.2, -0.15) is 0 Å². The molecule has 0 saturated carbocycles. The summed E-state index contributed by atoms with van der Waals surface area (Å²) in [6, 6.07) is -0.898. The molecule has 9 heteroatoms. The lowest BCUT2D eigenvalue weighted by Crippen LogP contribution is -2.45. The van der Waals surface area contributed by atoms with Crippen LogP contribution in [0.1, 0.15) is 296 Å². The Morgan fingerprint density at radius 3 is 1.21 bits per heavy atom. The molecule has 414 valence electrons. The van der Waals surface area contributed by atoms with E-state index in [0.29, 0.717) is 17.4 Å². The van der Waals surface area contributed by atoms with Crippen LogP contribution >= 0.6 is 7.82 Å². The van der Waals surface area contributed by atoms with Crippen molar-refractivity contribution >= 4 is 13.7 Å². The summed E-state index contributed by atoms with van der Waals surface area (Å²) < 4.78 is 23.1. The quantitative estimate of drug-likeness (QED) is 0.0272.